The van der Waals surface area contributed by atoms with Crippen molar-refractivity contribution < 1.29 is 9.53 Å². The summed E-state index contributed by atoms with van der Waals surface area (Å²) in [6, 6.07) is 6.06. The van der Waals surface area contributed by atoms with Crippen LogP contribution in [-0.4, -0.2) is 48.1 Å². The van der Waals surface area contributed by atoms with Gasteiger partial charge in [-0.15, -0.1) is 0 Å². The Labute approximate surface area is 124 Å². The molecule has 2 rings (SSSR count). The van der Waals surface area contributed by atoms with Crippen LogP contribution in [0, 0.1) is 11.3 Å². The molecule has 1 saturated heterocycles. The van der Waals surface area contributed by atoms with E-state index >= 15 is 0 Å². The van der Waals surface area contributed by atoms with Gasteiger partial charge in [-0.1, -0.05) is 0 Å². The fourth-order valence-electron chi connectivity index (χ4n) is 2.36. The van der Waals surface area contributed by atoms with Crippen molar-refractivity contribution >= 4 is 11.8 Å². The highest BCUT2D eigenvalue weighted by Gasteiger charge is 2.19. The van der Waals surface area contributed by atoms with Gasteiger partial charge in [0.1, 0.15) is 5.82 Å². The predicted octanol–water partition coefficient (Wildman–Crippen LogP) is 1.66. The smallest absolute Gasteiger partial charge is 0.339 e. The molecule has 1 fully saturated rings. The number of piperidine rings is 1. The highest BCUT2D eigenvalue weighted by molar-refractivity contribution is 5.89. The van der Waals surface area contributed by atoms with Crippen molar-refractivity contribution in [3.63, 3.8) is 0 Å². The first-order valence-electron chi connectivity index (χ1n) is 7.22. The summed E-state index contributed by atoms with van der Waals surface area (Å²) in [6.45, 7) is 4.48. The summed E-state index contributed by atoms with van der Waals surface area (Å²) in [5.74, 6) is 0.420. The van der Waals surface area contributed by atoms with Crippen molar-refractivity contribution in [3.8, 4) is 6.07 Å². The summed E-state index contributed by atoms with van der Waals surface area (Å²) in [7, 11) is 0. The molecule has 1 aromatic rings. The molecular weight excluding hydrogens is 268 g/mol. The van der Waals surface area contributed by atoms with E-state index < -0.39 is 0 Å². The van der Waals surface area contributed by atoms with Gasteiger partial charge in [0.15, 0.2) is 0 Å². The molecule has 0 bridgehead atoms. The number of carbonyl (C=O) groups excluding carboxylic acids is 1. The number of carbonyl (C=O) groups is 1. The van der Waals surface area contributed by atoms with Gasteiger partial charge in [0.05, 0.1) is 24.8 Å². The lowest BCUT2D eigenvalue weighted by molar-refractivity contribution is 0.0526. The van der Waals surface area contributed by atoms with Crippen molar-refractivity contribution in [2.45, 2.75) is 25.8 Å². The monoisotopic (exact) mass is 288 g/mol. The van der Waals surface area contributed by atoms with Gasteiger partial charge in [-0.2, -0.15) is 5.26 Å². The quantitative estimate of drug-likeness (QED) is 0.656. The van der Waals surface area contributed by atoms with E-state index in [1.54, 1.807) is 19.1 Å². The van der Waals surface area contributed by atoms with Crippen LogP contribution in [0.25, 0.3) is 0 Å². The SMILES string of the molecule is CCOC(=O)c1ccc(NC2CCN(CC#N)CC2)nc1. The van der Waals surface area contributed by atoms with Gasteiger partial charge in [-0.3, -0.25) is 4.90 Å². The molecule has 1 N–H and O–H groups in total. The molecule has 21 heavy (non-hydrogen) atoms. The average Bonchev–Trinajstić information content (AvgIpc) is 2.50. The van der Waals surface area contributed by atoms with Gasteiger partial charge >= 0.3 is 5.97 Å². The Morgan fingerprint density at radius 3 is 2.86 bits per heavy atom. The number of aromatic nitrogens is 1. The normalized spacial score (nSPS) is 16.2. The third-order valence-electron chi connectivity index (χ3n) is 3.51. The topological polar surface area (TPSA) is 78.2 Å². The largest absolute Gasteiger partial charge is 0.462 e. The summed E-state index contributed by atoms with van der Waals surface area (Å²) in [6.07, 6.45) is 3.51. The van der Waals surface area contributed by atoms with Crippen molar-refractivity contribution in [2.24, 2.45) is 0 Å². The number of rotatable bonds is 5. The van der Waals surface area contributed by atoms with Gasteiger partial charge in [0, 0.05) is 25.3 Å². The van der Waals surface area contributed by atoms with Crippen LogP contribution in [0.1, 0.15) is 30.1 Å². The molecule has 0 atom stereocenters. The number of nitriles is 1. The number of ether oxygens (including phenoxy) is 1. The predicted molar refractivity (Wildman–Crippen MR) is 78.9 cm³/mol. The number of pyridine rings is 1. The zero-order valence-corrected chi connectivity index (χ0v) is 12.2. The van der Waals surface area contributed by atoms with Crippen molar-refractivity contribution in [2.75, 3.05) is 31.6 Å². The van der Waals surface area contributed by atoms with Gasteiger partial charge < -0.3 is 10.1 Å². The second kappa shape index (κ2) is 7.60. The van der Waals surface area contributed by atoms with E-state index in [1.807, 2.05) is 0 Å². The van der Waals surface area contributed by atoms with E-state index in [9.17, 15) is 4.79 Å². The Morgan fingerprint density at radius 1 is 1.52 bits per heavy atom. The fourth-order valence-corrected chi connectivity index (χ4v) is 2.36. The number of likely N-dealkylation sites (tertiary alicyclic amines) is 1. The molecule has 0 radical (unpaired) electrons. The highest BCUT2D eigenvalue weighted by Crippen LogP contribution is 2.15. The minimum atomic E-state index is -0.346. The molecule has 0 amide bonds. The molecular formula is C15H20N4O2. The lowest BCUT2D eigenvalue weighted by atomic mass is 10.1. The molecule has 1 aliphatic heterocycles. The van der Waals surface area contributed by atoms with E-state index in [0.717, 1.165) is 31.7 Å². The fraction of sp³-hybridized carbons (Fsp3) is 0.533. The maximum Gasteiger partial charge on any atom is 0.339 e. The third kappa shape index (κ3) is 4.43. The number of anilines is 1. The van der Waals surface area contributed by atoms with Crippen molar-refractivity contribution in [1.82, 2.24) is 9.88 Å². The first-order valence-corrected chi connectivity index (χ1v) is 7.22. The van der Waals surface area contributed by atoms with Gasteiger partial charge in [-0.05, 0) is 31.9 Å². The molecule has 1 aromatic heterocycles. The lowest BCUT2D eigenvalue weighted by Crippen LogP contribution is -2.39. The summed E-state index contributed by atoms with van der Waals surface area (Å²) in [5.41, 5.74) is 0.464. The first kappa shape index (κ1) is 15.3. The Kier molecular flexibility index (Phi) is 5.52. The van der Waals surface area contributed by atoms with E-state index in [-0.39, 0.29) is 5.97 Å². The van der Waals surface area contributed by atoms with Crippen LogP contribution >= 0.6 is 0 Å². The van der Waals surface area contributed by atoms with Crippen LogP contribution in [0.3, 0.4) is 0 Å². The summed E-state index contributed by atoms with van der Waals surface area (Å²) in [5, 5.41) is 12.0. The molecule has 6 heteroatoms. The zero-order chi connectivity index (χ0) is 15.1. The van der Waals surface area contributed by atoms with E-state index in [1.165, 1.54) is 6.20 Å². The summed E-state index contributed by atoms with van der Waals surface area (Å²) < 4.78 is 4.92. The molecule has 0 unspecified atom stereocenters. The number of esters is 1. The third-order valence-corrected chi connectivity index (χ3v) is 3.51. The van der Waals surface area contributed by atoms with Crippen LogP contribution in [0.15, 0.2) is 18.3 Å². The van der Waals surface area contributed by atoms with Crippen LogP contribution in [-0.2, 0) is 4.74 Å². The van der Waals surface area contributed by atoms with Crippen LogP contribution in [0.4, 0.5) is 5.82 Å². The Bertz CT molecular complexity index is 501. The maximum absolute atomic E-state index is 11.5. The standard InChI is InChI=1S/C15H20N4O2/c1-2-21-15(20)12-3-4-14(17-11-12)18-13-5-8-19(9-6-13)10-7-16/h3-4,11,13H,2,5-6,8-10H2,1H3,(H,17,18). The Balaban J connectivity index is 1.84. The molecule has 0 saturated carbocycles. The van der Waals surface area contributed by atoms with E-state index in [4.69, 9.17) is 10.00 Å². The van der Waals surface area contributed by atoms with Crippen molar-refractivity contribution in [1.29, 1.82) is 5.26 Å². The van der Waals surface area contributed by atoms with E-state index in [2.05, 4.69) is 21.3 Å². The van der Waals surface area contributed by atoms with Crippen LogP contribution in [0.5, 0.6) is 0 Å². The number of hydrogen-bond acceptors (Lipinski definition) is 6. The first-order chi connectivity index (χ1) is 10.2. The van der Waals surface area contributed by atoms with Crippen molar-refractivity contribution in [3.05, 3.63) is 23.9 Å². The Hall–Kier alpha value is -2.13. The van der Waals surface area contributed by atoms with Crippen LogP contribution in [0.2, 0.25) is 0 Å². The molecule has 112 valence electrons. The minimum absolute atomic E-state index is 0.346. The summed E-state index contributed by atoms with van der Waals surface area (Å²) >= 11 is 0. The highest BCUT2D eigenvalue weighted by atomic mass is 16.5. The maximum atomic E-state index is 11.5. The molecule has 0 aromatic carbocycles. The molecule has 6 nitrogen and oxygen atoms in total. The average molecular weight is 288 g/mol. The molecule has 0 aliphatic carbocycles. The van der Waals surface area contributed by atoms with Gasteiger partial charge in [0.2, 0.25) is 0 Å². The number of nitrogens with one attached hydrogen (secondary N) is 1. The molecule has 2 heterocycles. The van der Waals surface area contributed by atoms with Gasteiger partial charge in [-0.25, -0.2) is 9.78 Å². The second-order valence-corrected chi connectivity index (χ2v) is 5.01. The number of nitrogens with zero attached hydrogens (tertiary/aromatic N) is 3. The molecule has 0 spiro atoms. The van der Waals surface area contributed by atoms with E-state index in [0.29, 0.717) is 24.8 Å². The lowest BCUT2D eigenvalue weighted by Gasteiger charge is -2.30. The number of hydrogen-bond donors (Lipinski definition) is 1. The zero-order valence-electron chi connectivity index (χ0n) is 12.2. The Morgan fingerprint density at radius 2 is 2.29 bits per heavy atom. The molecule has 1 aliphatic rings. The second-order valence-electron chi connectivity index (χ2n) is 5.01. The minimum Gasteiger partial charge on any atom is -0.462 e. The van der Waals surface area contributed by atoms with Crippen LogP contribution < -0.4 is 5.32 Å². The summed E-state index contributed by atoms with van der Waals surface area (Å²) in [4.78, 5) is 17.9. The van der Waals surface area contributed by atoms with Gasteiger partial charge in [0.25, 0.3) is 0 Å².